The summed E-state index contributed by atoms with van der Waals surface area (Å²) < 4.78 is 69.3. The molecule has 31 heavy (non-hydrogen) atoms. The molecule has 0 bridgehead atoms. The van der Waals surface area contributed by atoms with E-state index in [1.807, 2.05) is 67.8 Å². The molecule has 0 spiro atoms. The first-order chi connectivity index (χ1) is 14.2. The van der Waals surface area contributed by atoms with E-state index in [0.29, 0.717) is 16.8 Å². The SMILES string of the molecule is O=C(Oc1cccc(OC(=O)C(F)(F)S(=O)(=O)[O-])c1[N+](=O)[O-])c1cc(I)cc(I)c1I. The minimum atomic E-state index is -6.45. The van der Waals surface area contributed by atoms with Crippen molar-refractivity contribution in [2.75, 3.05) is 0 Å². The molecule has 166 valence electrons. The van der Waals surface area contributed by atoms with E-state index in [1.54, 1.807) is 6.07 Å². The van der Waals surface area contributed by atoms with Crippen LogP contribution in [0, 0.1) is 20.8 Å². The molecule has 0 aliphatic heterocycles. The molecular formula is C15H5F2I3NO9S-. The Morgan fingerprint density at radius 2 is 1.61 bits per heavy atom. The van der Waals surface area contributed by atoms with Crippen LogP contribution >= 0.6 is 67.8 Å². The van der Waals surface area contributed by atoms with E-state index in [4.69, 9.17) is 4.74 Å². The number of nitro groups is 1. The van der Waals surface area contributed by atoms with Gasteiger partial charge in [-0.2, -0.15) is 8.78 Å². The smallest absolute Gasteiger partial charge is 0.429 e. The normalized spacial score (nSPS) is 11.7. The average molecular weight is 794 g/mol. The molecule has 0 unspecified atom stereocenters. The van der Waals surface area contributed by atoms with E-state index in [1.165, 1.54) is 6.07 Å². The number of para-hydroxylation sites is 1. The van der Waals surface area contributed by atoms with Crippen LogP contribution in [0.3, 0.4) is 0 Å². The molecular weight excluding hydrogens is 789 g/mol. The van der Waals surface area contributed by atoms with Gasteiger partial charge in [-0.3, -0.25) is 10.1 Å². The number of carbonyl (C=O) groups is 2. The lowest BCUT2D eigenvalue weighted by Crippen LogP contribution is -2.40. The molecule has 0 saturated heterocycles. The van der Waals surface area contributed by atoms with Gasteiger partial charge in [0.15, 0.2) is 10.1 Å². The topological polar surface area (TPSA) is 153 Å². The molecule has 0 aromatic heterocycles. The summed E-state index contributed by atoms with van der Waals surface area (Å²) in [6.45, 7) is 0. The van der Waals surface area contributed by atoms with Gasteiger partial charge in [0.2, 0.25) is 11.5 Å². The molecule has 0 amide bonds. The van der Waals surface area contributed by atoms with Gasteiger partial charge in [0.25, 0.3) is 0 Å². The predicted molar refractivity (Wildman–Crippen MR) is 123 cm³/mol. The summed E-state index contributed by atoms with van der Waals surface area (Å²) in [4.78, 5) is 34.2. The van der Waals surface area contributed by atoms with Gasteiger partial charge >= 0.3 is 22.9 Å². The van der Waals surface area contributed by atoms with Crippen LogP contribution in [0.5, 0.6) is 11.5 Å². The van der Waals surface area contributed by atoms with Crippen LogP contribution < -0.4 is 9.47 Å². The highest BCUT2D eigenvalue weighted by molar-refractivity contribution is 14.1. The molecule has 0 heterocycles. The van der Waals surface area contributed by atoms with Crippen molar-refractivity contribution in [1.29, 1.82) is 0 Å². The van der Waals surface area contributed by atoms with Crippen LogP contribution in [0.2, 0.25) is 0 Å². The number of benzene rings is 2. The van der Waals surface area contributed by atoms with Crippen LogP contribution in [0.15, 0.2) is 30.3 Å². The number of esters is 2. The van der Waals surface area contributed by atoms with Crippen molar-refractivity contribution in [3.63, 3.8) is 0 Å². The maximum Gasteiger partial charge on any atom is 0.429 e. The molecule has 0 aliphatic carbocycles. The Kier molecular flexibility index (Phi) is 8.14. The fourth-order valence-corrected chi connectivity index (χ4v) is 4.59. The standard InChI is InChI=1S/C15H6F2I3NO9S/c16-15(17,31(26,27)28)14(23)30-10-3-1-2-9(12(10)21(24)25)29-13(22)7-4-6(18)5-8(19)11(7)20/h1-5H,(H,26,27,28)/p-1. The highest BCUT2D eigenvalue weighted by Gasteiger charge is 2.49. The van der Waals surface area contributed by atoms with Gasteiger partial charge in [-0.1, -0.05) is 6.07 Å². The lowest BCUT2D eigenvalue weighted by molar-refractivity contribution is -0.386. The maximum absolute atomic E-state index is 13.4. The van der Waals surface area contributed by atoms with E-state index in [-0.39, 0.29) is 5.56 Å². The molecule has 0 N–H and O–H groups in total. The summed E-state index contributed by atoms with van der Waals surface area (Å²) in [5.74, 6) is -5.80. The number of rotatable bonds is 6. The first kappa shape index (κ1) is 26.0. The number of halogens is 5. The third-order valence-electron chi connectivity index (χ3n) is 3.31. The fraction of sp³-hybridized carbons (Fsp3) is 0.0667. The van der Waals surface area contributed by atoms with Gasteiger partial charge in [-0.05, 0) is 92.0 Å². The van der Waals surface area contributed by atoms with Gasteiger partial charge in [-0.25, -0.2) is 18.0 Å². The first-order valence-electron chi connectivity index (χ1n) is 7.36. The van der Waals surface area contributed by atoms with Gasteiger partial charge < -0.3 is 14.0 Å². The second-order valence-corrected chi connectivity index (χ2v) is 10.3. The van der Waals surface area contributed by atoms with E-state index in [9.17, 15) is 41.5 Å². The number of nitro benzene ring substituents is 1. The Morgan fingerprint density at radius 1 is 1.06 bits per heavy atom. The van der Waals surface area contributed by atoms with Crippen LogP contribution in [0.25, 0.3) is 0 Å². The molecule has 0 saturated carbocycles. The van der Waals surface area contributed by atoms with Crippen LogP contribution in [-0.2, 0) is 14.9 Å². The summed E-state index contributed by atoms with van der Waals surface area (Å²) in [5, 5.41) is 5.92. The van der Waals surface area contributed by atoms with Gasteiger partial charge in [0, 0.05) is 10.7 Å². The zero-order chi connectivity index (χ0) is 23.7. The van der Waals surface area contributed by atoms with Crippen molar-refractivity contribution in [3.05, 3.63) is 56.7 Å². The van der Waals surface area contributed by atoms with Crippen LogP contribution in [0.4, 0.5) is 14.5 Å². The van der Waals surface area contributed by atoms with Crippen molar-refractivity contribution in [3.8, 4) is 11.5 Å². The van der Waals surface area contributed by atoms with Crippen molar-refractivity contribution < 1.29 is 45.7 Å². The van der Waals surface area contributed by atoms with Crippen molar-refractivity contribution >= 4 is 95.5 Å². The minimum absolute atomic E-state index is 0.0533. The maximum atomic E-state index is 13.4. The van der Waals surface area contributed by atoms with E-state index >= 15 is 0 Å². The van der Waals surface area contributed by atoms with E-state index in [0.717, 1.165) is 12.1 Å². The predicted octanol–water partition coefficient (Wildman–Crippen LogP) is 3.67. The number of ether oxygens (including phenoxy) is 2. The summed E-state index contributed by atoms with van der Waals surface area (Å²) >= 11 is 5.75. The highest BCUT2D eigenvalue weighted by Crippen LogP contribution is 2.38. The van der Waals surface area contributed by atoms with Gasteiger partial charge in [0.1, 0.15) is 0 Å². The zero-order valence-corrected chi connectivity index (χ0v) is 21.6. The minimum Gasteiger partial charge on any atom is -0.743 e. The Hall–Kier alpha value is -1.26. The quantitative estimate of drug-likeness (QED) is 0.0812. The summed E-state index contributed by atoms with van der Waals surface area (Å²) in [7, 11) is -6.45. The number of nitrogens with zero attached hydrogens (tertiary/aromatic N) is 1. The van der Waals surface area contributed by atoms with Crippen molar-refractivity contribution in [1.82, 2.24) is 0 Å². The van der Waals surface area contributed by atoms with Gasteiger partial charge in [-0.15, -0.1) is 0 Å². The summed E-state index contributed by atoms with van der Waals surface area (Å²) in [5.41, 5.74) is -1.16. The third-order valence-corrected chi connectivity index (χ3v) is 7.78. The lowest BCUT2D eigenvalue weighted by atomic mass is 10.2. The molecule has 16 heteroatoms. The van der Waals surface area contributed by atoms with Crippen LogP contribution in [-0.4, -0.2) is 35.1 Å². The monoisotopic (exact) mass is 794 g/mol. The second-order valence-electron chi connectivity index (χ2n) is 5.36. The molecule has 0 atom stereocenters. The largest absolute Gasteiger partial charge is 0.743 e. The average Bonchev–Trinajstić information content (AvgIpc) is 2.63. The second kappa shape index (κ2) is 9.70. The summed E-state index contributed by atoms with van der Waals surface area (Å²) in [6, 6.07) is 5.78. The number of carbonyl (C=O) groups excluding carboxylic acids is 2. The van der Waals surface area contributed by atoms with Gasteiger partial charge in [0.05, 0.1) is 10.5 Å². The molecule has 0 fully saturated rings. The molecule has 10 nitrogen and oxygen atoms in total. The lowest BCUT2D eigenvalue weighted by Gasteiger charge is -2.18. The molecule has 2 aromatic carbocycles. The van der Waals surface area contributed by atoms with Crippen molar-refractivity contribution in [2.24, 2.45) is 0 Å². The number of hydrogen-bond donors (Lipinski definition) is 0. The Balaban J connectivity index is 2.47. The Bertz CT molecular complexity index is 1200. The number of hydrogen-bond acceptors (Lipinski definition) is 9. The molecule has 0 aliphatic rings. The first-order valence-corrected chi connectivity index (χ1v) is 12.0. The Labute approximate surface area is 213 Å². The van der Waals surface area contributed by atoms with Crippen molar-refractivity contribution in [2.45, 2.75) is 5.25 Å². The summed E-state index contributed by atoms with van der Waals surface area (Å²) in [6.07, 6.45) is 0. The highest BCUT2D eigenvalue weighted by atomic mass is 127. The third kappa shape index (κ3) is 5.76. The molecule has 2 aromatic rings. The van der Waals surface area contributed by atoms with E-state index in [2.05, 4.69) is 4.74 Å². The molecule has 2 rings (SSSR count). The zero-order valence-electron chi connectivity index (χ0n) is 14.3. The number of alkyl halides is 2. The molecule has 0 radical (unpaired) electrons. The van der Waals surface area contributed by atoms with E-state index < -0.39 is 49.4 Å². The Morgan fingerprint density at radius 3 is 2.13 bits per heavy atom. The fourth-order valence-electron chi connectivity index (χ4n) is 1.97. The van der Waals surface area contributed by atoms with Crippen LogP contribution in [0.1, 0.15) is 10.4 Å².